The van der Waals surface area contributed by atoms with Gasteiger partial charge in [0.2, 0.25) is 11.8 Å². The highest BCUT2D eigenvalue weighted by Crippen LogP contribution is 2.39. The van der Waals surface area contributed by atoms with Gasteiger partial charge in [0.1, 0.15) is 5.54 Å². The van der Waals surface area contributed by atoms with Gasteiger partial charge < -0.3 is 15.8 Å². The normalized spacial score (nSPS) is 20.3. The molecule has 198 valence electrons. The van der Waals surface area contributed by atoms with Crippen LogP contribution < -0.4 is 11.1 Å². The minimum atomic E-state index is -1.18. The Kier molecular flexibility index (Phi) is 9.01. The molecule has 2 heterocycles. The minimum Gasteiger partial charge on any atom is -0.379 e. The Labute approximate surface area is 219 Å². The van der Waals surface area contributed by atoms with Gasteiger partial charge in [-0.1, -0.05) is 58.9 Å². The molecule has 0 bridgehead atoms. The highest BCUT2D eigenvalue weighted by Gasteiger charge is 2.50. The molecule has 0 spiro atoms. The van der Waals surface area contributed by atoms with E-state index in [0.29, 0.717) is 37.9 Å². The number of carbonyl (C=O) groups is 2. The van der Waals surface area contributed by atoms with Crippen LogP contribution >= 0.6 is 11.3 Å². The Morgan fingerprint density at radius 3 is 2.58 bits per heavy atom. The Morgan fingerprint density at radius 2 is 1.94 bits per heavy atom. The molecule has 1 saturated carbocycles. The molecule has 2 aliphatic rings. The van der Waals surface area contributed by atoms with E-state index in [-0.39, 0.29) is 11.8 Å². The van der Waals surface area contributed by atoms with Gasteiger partial charge in [0.05, 0.1) is 28.4 Å². The maximum absolute atomic E-state index is 13.5. The van der Waals surface area contributed by atoms with Gasteiger partial charge in [-0.2, -0.15) is 0 Å². The molecular weight excluding hydrogens is 472 g/mol. The first-order chi connectivity index (χ1) is 17.3. The van der Waals surface area contributed by atoms with Gasteiger partial charge in [0, 0.05) is 38.4 Å². The second-order valence-electron chi connectivity index (χ2n) is 10.8. The summed E-state index contributed by atoms with van der Waals surface area (Å²) in [5.41, 5.74) is 7.30. The third kappa shape index (κ3) is 6.09. The first-order valence-corrected chi connectivity index (χ1v) is 14.4. The van der Waals surface area contributed by atoms with Crippen LogP contribution in [0.25, 0.3) is 10.2 Å². The number of fused-ring (bicyclic) bond motifs is 1. The molecule has 2 atom stereocenters. The quantitative estimate of drug-likeness (QED) is 0.494. The van der Waals surface area contributed by atoms with Gasteiger partial charge in [-0.15, -0.1) is 11.3 Å². The number of nitrogens with zero attached hydrogens (tertiary/aromatic N) is 2. The van der Waals surface area contributed by atoms with E-state index in [0.717, 1.165) is 60.5 Å². The van der Waals surface area contributed by atoms with Crippen molar-refractivity contribution < 1.29 is 14.3 Å². The molecular formula is C28H42N4O3S. The van der Waals surface area contributed by atoms with Crippen molar-refractivity contribution in [2.75, 3.05) is 32.8 Å². The summed E-state index contributed by atoms with van der Waals surface area (Å²) < 4.78 is 6.70. The van der Waals surface area contributed by atoms with E-state index in [2.05, 4.69) is 42.3 Å². The first kappa shape index (κ1) is 27.0. The van der Waals surface area contributed by atoms with Crippen LogP contribution in [-0.4, -0.2) is 60.1 Å². The van der Waals surface area contributed by atoms with Crippen molar-refractivity contribution in [3.8, 4) is 0 Å². The number of hydrogen-bond donors (Lipinski definition) is 2. The van der Waals surface area contributed by atoms with Gasteiger partial charge >= 0.3 is 0 Å². The summed E-state index contributed by atoms with van der Waals surface area (Å²) in [6.45, 7) is 9.96. The minimum absolute atomic E-state index is 0.0814. The fourth-order valence-electron chi connectivity index (χ4n) is 5.90. The molecule has 2 fully saturated rings. The van der Waals surface area contributed by atoms with E-state index < -0.39 is 11.4 Å². The molecule has 36 heavy (non-hydrogen) atoms. The third-order valence-corrected chi connectivity index (χ3v) is 9.11. The summed E-state index contributed by atoms with van der Waals surface area (Å²) >= 11 is 1.61. The van der Waals surface area contributed by atoms with Crippen LogP contribution in [0.1, 0.15) is 75.8 Å². The summed E-state index contributed by atoms with van der Waals surface area (Å²) in [5.74, 6) is 0.0862. The number of thiazole rings is 1. The van der Waals surface area contributed by atoms with Gasteiger partial charge in [-0.3, -0.25) is 14.5 Å². The van der Waals surface area contributed by atoms with Crippen molar-refractivity contribution in [1.82, 2.24) is 15.2 Å². The lowest BCUT2D eigenvalue weighted by molar-refractivity contribution is -0.136. The fraction of sp³-hybridized carbons (Fsp3) is 0.679. The number of aromatic nitrogens is 1. The van der Waals surface area contributed by atoms with Crippen LogP contribution in [0.3, 0.4) is 0 Å². The molecule has 2 aromatic rings. The van der Waals surface area contributed by atoms with Crippen LogP contribution in [-0.2, 0) is 20.7 Å². The molecule has 3 N–H and O–H groups in total. The summed E-state index contributed by atoms with van der Waals surface area (Å²) in [4.78, 5) is 33.7. The Hall–Kier alpha value is -2.03. The van der Waals surface area contributed by atoms with Crippen molar-refractivity contribution in [1.29, 1.82) is 0 Å². The first-order valence-electron chi connectivity index (χ1n) is 13.6. The summed E-state index contributed by atoms with van der Waals surface area (Å²) in [6.07, 6.45) is 6.28. The number of nitrogens with one attached hydrogen (secondary N) is 1. The van der Waals surface area contributed by atoms with E-state index >= 15 is 0 Å². The molecule has 1 saturated heterocycles. The lowest BCUT2D eigenvalue weighted by Gasteiger charge is -2.46. The lowest BCUT2D eigenvalue weighted by Crippen LogP contribution is -2.67. The standard InChI is InChI=1S/C28H42N4O3S/c1-4-25(33)31-28(27(29)34,17-26-30-23-11-10-21(19(2)3)16-24(23)36-26)22(20-8-6-5-7-9-20)18-32-12-14-35-15-13-32/h10-11,16,19-20,22H,4-9,12-15,17-18H2,1-3H3,(H2,29,34)(H,31,33)/t22-,28?/m1/s1. The fourth-order valence-corrected chi connectivity index (χ4v) is 7.02. The zero-order valence-corrected chi connectivity index (χ0v) is 22.9. The zero-order chi connectivity index (χ0) is 25.7. The summed E-state index contributed by atoms with van der Waals surface area (Å²) in [7, 11) is 0. The maximum Gasteiger partial charge on any atom is 0.243 e. The molecule has 2 amide bonds. The Morgan fingerprint density at radius 1 is 1.22 bits per heavy atom. The van der Waals surface area contributed by atoms with E-state index in [1.54, 1.807) is 11.3 Å². The number of carbonyl (C=O) groups excluding carboxylic acids is 2. The van der Waals surface area contributed by atoms with Crippen LogP contribution in [0.5, 0.6) is 0 Å². The molecule has 4 rings (SSSR count). The summed E-state index contributed by atoms with van der Waals surface area (Å²) in [6, 6.07) is 6.39. The van der Waals surface area contributed by atoms with Gasteiger partial charge in [-0.05, 0) is 29.5 Å². The predicted octanol–water partition coefficient (Wildman–Crippen LogP) is 4.24. The van der Waals surface area contributed by atoms with Crippen LogP contribution in [0, 0.1) is 11.8 Å². The van der Waals surface area contributed by atoms with Crippen LogP contribution in [0.2, 0.25) is 0 Å². The van der Waals surface area contributed by atoms with Crippen molar-refractivity contribution in [2.45, 2.75) is 77.2 Å². The topological polar surface area (TPSA) is 97.6 Å². The number of primary amides is 1. The molecule has 1 aromatic heterocycles. The van der Waals surface area contributed by atoms with Gasteiger partial charge in [0.15, 0.2) is 0 Å². The second-order valence-corrected chi connectivity index (χ2v) is 11.9. The van der Waals surface area contributed by atoms with E-state index in [1.807, 2.05) is 6.92 Å². The van der Waals surface area contributed by atoms with E-state index in [4.69, 9.17) is 15.5 Å². The van der Waals surface area contributed by atoms with E-state index in [9.17, 15) is 9.59 Å². The molecule has 7 nitrogen and oxygen atoms in total. The number of benzene rings is 1. The van der Waals surface area contributed by atoms with Gasteiger partial charge in [0.25, 0.3) is 0 Å². The highest BCUT2D eigenvalue weighted by molar-refractivity contribution is 7.18. The van der Waals surface area contributed by atoms with Crippen molar-refractivity contribution in [3.63, 3.8) is 0 Å². The largest absolute Gasteiger partial charge is 0.379 e. The third-order valence-electron chi connectivity index (χ3n) is 8.09. The smallest absolute Gasteiger partial charge is 0.243 e. The Balaban J connectivity index is 1.75. The van der Waals surface area contributed by atoms with Crippen LogP contribution in [0.4, 0.5) is 0 Å². The van der Waals surface area contributed by atoms with E-state index in [1.165, 1.54) is 12.0 Å². The maximum atomic E-state index is 13.5. The monoisotopic (exact) mass is 514 g/mol. The number of ether oxygens (including phenoxy) is 1. The lowest BCUT2D eigenvalue weighted by atomic mass is 9.68. The van der Waals surface area contributed by atoms with Crippen molar-refractivity contribution in [3.05, 3.63) is 28.8 Å². The molecule has 8 heteroatoms. The molecule has 1 unspecified atom stereocenters. The number of hydrogen-bond acceptors (Lipinski definition) is 6. The highest BCUT2D eigenvalue weighted by atomic mass is 32.1. The SMILES string of the molecule is CCC(=O)NC(Cc1nc2ccc(C(C)C)cc2s1)(C(N)=O)[C@H](CN1CCOCC1)C1CCCCC1. The predicted molar refractivity (Wildman–Crippen MR) is 145 cm³/mol. The Bertz CT molecular complexity index is 1040. The summed E-state index contributed by atoms with van der Waals surface area (Å²) in [5, 5.41) is 4.04. The molecule has 0 radical (unpaired) electrons. The second kappa shape index (κ2) is 12.0. The van der Waals surface area contributed by atoms with Crippen molar-refractivity contribution >= 4 is 33.4 Å². The molecule has 1 aliphatic heterocycles. The number of nitrogens with two attached hydrogens (primary N) is 1. The zero-order valence-electron chi connectivity index (χ0n) is 22.1. The van der Waals surface area contributed by atoms with Gasteiger partial charge in [-0.25, -0.2) is 4.98 Å². The molecule has 1 aliphatic carbocycles. The van der Waals surface area contributed by atoms with Crippen LogP contribution in [0.15, 0.2) is 18.2 Å². The average Bonchev–Trinajstić information content (AvgIpc) is 3.29. The van der Waals surface area contributed by atoms with Crippen molar-refractivity contribution in [2.24, 2.45) is 17.6 Å². The molecule has 1 aromatic carbocycles. The number of rotatable bonds is 10. The number of amides is 2. The number of morpholine rings is 1. The average molecular weight is 515 g/mol.